The van der Waals surface area contributed by atoms with E-state index in [-0.39, 0.29) is 11.9 Å². The van der Waals surface area contributed by atoms with Crippen LogP contribution in [0.2, 0.25) is 0 Å². The summed E-state index contributed by atoms with van der Waals surface area (Å²) < 4.78 is 9.58. The normalized spacial score (nSPS) is 17.6. The number of carbonyl (C=O) groups excluding carboxylic acids is 1. The van der Waals surface area contributed by atoms with Crippen LogP contribution in [0.4, 0.5) is 0 Å². The van der Waals surface area contributed by atoms with E-state index in [1.807, 2.05) is 75.1 Å². The fourth-order valence-electron chi connectivity index (χ4n) is 4.94. The molecule has 172 valence electrons. The number of fused-ring (bicyclic) bond motifs is 1. The van der Waals surface area contributed by atoms with Gasteiger partial charge in [-0.2, -0.15) is 10.2 Å². The first-order valence-corrected chi connectivity index (χ1v) is 11.8. The lowest BCUT2D eigenvalue weighted by atomic mass is 10.0. The molecule has 1 fully saturated rings. The number of benzene rings is 1. The van der Waals surface area contributed by atoms with Crippen LogP contribution in [0.3, 0.4) is 0 Å². The van der Waals surface area contributed by atoms with E-state index in [0.717, 1.165) is 47.7 Å². The molecule has 0 saturated carbocycles. The lowest BCUT2D eigenvalue weighted by Gasteiger charge is -2.26. The summed E-state index contributed by atoms with van der Waals surface area (Å²) >= 11 is 0. The summed E-state index contributed by atoms with van der Waals surface area (Å²) in [7, 11) is 0. The van der Waals surface area contributed by atoms with Crippen molar-refractivity contribution < 1.29 is 9.53 Å². The number of hydrogen-bond donors (Lipinski definition) is 0. The zero-order valence-corrected chi connectivity index (χ0v) is 18.9. The molecule has 8 heteroatoms. The summed E-state index contributed by atoms with van der Waals surface area (Å²) in [4.78, 5) is 20.4. The molecule has 6 rings (SSSR count). The van der Waals surface area contributed by atoms with Crippen LogP contribution in [0.25, 0.3) is 22.6 Å². The minimum atomic E-state index is 0.0326. The molecule has 5 heterocycles. The Labute approximate surface area is 197 Å². The van der Waals surface area contributed by atoms with Gasteiger partial charge in [-0.15, -0.1) is 0 Å². The van der Waals surface area contributed by atoms with Crippen LogP contribution in [-0.4, -0.2) is 54.5 Å². The van der Waals surface area contributed by atoms with E-state index in [2.05, 4.69) is 4.98 Å². The molecule has 2 aliphatic heterocycles. The monoisotopic (exact) mass is 454 g/mol. The van der Waals surface area contributed by atoms with E-state index in [9.17, 15) is 4.79 Å². The molecule has 1 atom stereocenters. The van der Waals surface area contributed by atoms with E-state index >= 15 is 0 Å². The molecule has 8 nitrogen and oxygen atoms in total. The summed E-state index contributed by atoms with van der Waals surface area (Å²) in [5, 5.41) is 9.54. The number of amides is 1. The number of nitrogens with zero attached hydrogens (tertiary/aromatic N) is 6. The molecule has 1 aromatic carbocycles. The molecular formula is C26H26N6O2. The molecule has 0 aliphatic carbocycles. The zero-order chi connectivity index (χ0) is 22.9. The second-order valence-electron chi connectivity index (χ2n) is 8.74. The van der Waals surface area contributed by atoms with Crippen molar-refractivity contribution in [3.05, 3.63) is 78.2 Å². The van der Waals surface area contributed by atoms with Gasteiger partial charge < -0.3 is 9.64 Å². The first-order valence-electron chi connectivity index (χ1n) is 11.8. The average molecular weight is 455 g/mol. The summed E-state index contributed by atoms with van der Waals surface area (Å²) in [6, 6.07) is 17.8. The molecule has 0 bridgehead atoms. The van der Waals surface area contributed by atoms with Gasteiger partial charge in [0.2, 0.25) is 0 Å². The van der Waals surface area contributed by atoms with Crippen LogP contribution in [0, 0.1) is 0 Å². The zero-order valence-electron chi connectivity index (χ0n) is 18.9. The Morgan fingerprint density at radius 2 is 1.88 bits per heavy atom. The number of carbonyl (C=O) groups is 1. The van der Waals surface area contributed by atoms with Gasteiger partial charge >= 0.3 is 0 Å². The highest BCUT2D eigenvalue weighted by Gasteiger charge is 2.35. The number of rotatable bonds is 5. The van der Waals surface area contributed by atoms with Crippen LogP contribution in [0.15, 0.2) is 67.0 Å². The highest BCUT2D eigenvalue weighted by Crippen LogP contribution is 2.31. The summed E-state index contributed by atoms with van der Waals surface area (Å²) in [5.41, 5.74) is 4.93. The van der Waals surface area contributed by atoms with Crippen molar-refractivity contribution in [2.45, 2.75) is 38.6 Å². The lowest BCUT2D eigenvalue weighted by Crippen LogP contribution is -2.39. The smallest absolute Gasteiger partial charge is 0.258 e. The maximum absolute atomic E-state index is 14.0. The maximum atomic E-state index is 14.0. The van der Waals surface area contributed by atoms with Crippen LogP contribution < -0.4 is 0 Å². The first kappa shape index (κ1) is 20.8. The predicted octanol–water partition coefficient (Wildman–Crippen LogP) is 3.64. The molecule has 3 aromatic heterocycles. The van der Waals surface area contributed by atoms with Gasteiger partial charge in [-0.25, -0.2) is 0 Å². The predicted molar refractivity (Wildman–Crippen MR) is 127 cm³/mol. The lowest BCUT2D eigenvalue weighted by molar-refractivity contribution is 0.0675. The third kappa shape index (κ3) is 3.80. The topological polar surface area (TPSA) is 78.1 Å². The molecule has 0 unspecified atom stereocenters. The first-order chi connectivity index (χ1) is 16.8. The van der Waals surface area contributed by atoms with Crippen LogP contribution >= 0.6 is 0 Å². The Morgan fingerprint density at radius 3 is 2.74 bits per heavy atom. The van der Waals surface area contributed by atoms with Gasteiger partial charge in [0.25, 0.3) is 5.91 Å². The fourth-order valence-corrected chi connectivity index (χ4v) is 4.94. The van der Waals surface area contributed by atoms with E-state index in [1.165, 1.54) is 0 Å². The highest BCUT2D eigenvalue weighted by atomic mass is 16.5. The average Bonchev–Trinajstić information content (AvgIpc) is 3.64. The quantitative estimate of drug-likeness (QED) is 0.460. The van der Waals surface area contributed by atoms with Gasteiger partial charge in [0.15, 0.2) is 0 Å². The van der Waals surface area contributed by atoms with Crippen molar-refractivity contribution in [3.63, 3.8) is 0 Å². The van der Waals surface area contributed by atoms with Crippen molar-refractivity contribution in [2.75, 3.05) is 13.2 Å². The Balaban J connectivity index is 1.29. The third-order valence-corrected chi connectivity index (χ3v) is 6.61. The molecule has 2 aliphatic rings. The number of likely N-dealkylation sites (tertiary alicyclic amines) is 1. The minimum absolute atomic E-state index is 0.0326. The Bertz CT molecular complexity index is 1300. The van der Waals surface area contributed by atoms with Gasteiger partial charge in [-0.1, -0.05) is 36.4 Å². The summed E-state index contributed by atoms with van der Waals surface area (Å²) in [6.07, 6.45) is 5.67. The van der Waals surface area contributed by atoms with E-state index < -0.39 is 0 Å². The van der Waals surface area contributed by atoms with E-state index in [4.69, 9.17) is 14.9 Å². The second-order valence-corrected chi connectivity index (χ2v) is 8.74. The second kappa shape index (κ2) is 8.87. The molecule has 0 spiro atoms. The largest absolute Gasteiger partial charge is 0.373 e. The molecule has 1 saturated heterocycles. The van der Waals surface area contributed by atoms with Gasteiger partial charge in [0.05, 0.1) is 49.3 Å². The number of hydrogen-bond acceptors (Lipinski definition) is 5. The van der Waals surface area contributed by atoms with Crippen LogP contribution in [-0.2, 0) is 24.4 Å². The molecular weight excluding hydrogens is 428 g/mol. The Kier molecular flexibility index (Phi) is 5.43. The highest BCUT2D eigenvalue weighted by molar-refractivity contribution is 6.01. The van der Waals surface area contributed by atoms with Crippen molar-refractivity contribution in [1.29, 1.82) is 0 Å². The van der Waals surface area contributed by atoms with Crippen molar-refractivity contribution in [3.8, 4) is 22.6 Å². The van der Waals surface area contributed by atoms with Gasteiger partial charge in [0.1, 0.15) is 11.4 Å². The van der Waals surface area contributed by atoms with Gasteiger partial charge in [0, 0.05) is 24.5 Å². The van der Waals surface area contributed by atoms with Gasteiger partial charge in [-0.05, 0) is 31.0 Å². The number of aromatic nitrogens is 5. The third-order valence-electron chi connectivity index (χ3n) is 6.61. The summed E-state index contributed by atoms with van der Waals surface area (Å²) in [6.45, 7) is 3.07. The minimum Gasteiger partial charge on any atom is -0.373 e. The van der Waals surface area contributed by atoms with Crippen molar-refractivity contribution in [2.24, 2.45) is 0 Å². The fraction of sp³-hybridized carbons (Fsp3) is 0.308. The Morgan fingerprint density at radius 1 is 1.00 bits per heavy atom. The standard InChI is InChI=1S/C26H26N6O2/c33-26(24-23-18-34-16-15-32(23)29-25(24)19-7-2-1-3-8-19)31-13-6-9-20(31)17-30-14-11-22(28-30)21-10-4-5-12-27-21/h1-5,7-8,10-12,14,20H,6,9,13,15-18H2/t20-/m0/s1. The Hall–Kier alpha value is -3.78. The van der Waals surface area contributed by atoms with Gasteiger partial charge in [-0.3, -0.25) is 19.1 Å². The van der Waals surface area contributed by atoms with Crippen LogP contribution in [0.1, 0.15) is 28.9 Å². The number of pyridine rings is 1. The van der Waals surface area contributed by atoms with Crippen LogP contribution in [0.5, 0.6) is 0 Å². The van der Waals surface area contributed by atoms with E-state index in [0.29, 0.717) is 31.9 Å². The maximum Gasteiger partial charge on any atom is 0.258 e. The molecule has 0 radical (unpaired) electrons. The molecule has 1 amide bonds. The molecule has 0 N–H and O–H groups in total. The molecule has 4 aromatic rings. The molecule has 34 heavy (non-hydrogen) atoms. The van der Waals surface area contributed by atoms with Crippen molar-refractivity contribution in [1.82, 2.24) is 29.4 Å². The van der Waals surface area contributed by atoms with E-state index in [1.54, 1.807) is 6.20 Å². The number of ether oxygens (including phenoxy) is 1. The summed E-state index contributed by atoms with van der Waals surface area (Å²) in [5.74, 6) is 0.0326. The SMILES string of the molecule is O=C(c1c(-c2ccccc2)nn2c1COCC2)N1CCC[C@H]1Cn1ccc(-c2ccccn2)n1. The van der Waals surface area contributed by atoms with Crippen molar-refractivity contribution >= 4 is 5.91 Å².